The Balaban J connectivity index is 2.46. The van der Waals surface area contributed by atoms with Crippen molar-refractivity contribution < 1.29 is 4.74 Å². The molecular formula is C17H35NO. The summed E-state index contributed by atoms with van der Waals surface area (Å²) < 4.78 is 6.42. The van der Waals surface area contributed by atoms with Gasteiger partial charge in [0.2, 0.25) is 0 Å². The van der Waals surface area contributed by atoms with Gasteiger partial charge < -0.3 is 10.1 Å². The van der Waals surface area contributed by atoms with Crippen molar-refractivity contribution >= 4 is 0 Å². The van der Waals surface area contributed by atoms with E-state index in [1.54, 1.807) is 0 Å². The summed E-state index contributed by atoms with van der Waals surface area (Å²) in [4.78, 5) is 0. The zero-order chi connectivity index (χ0) is 14.1. The van der Waals surface area contributed by atoms with Crippen LogP contribution in [0, 0.1) is 11.8 Å². The first-order valence-electron chi connectivity index (χ1n) is 8.50. The molecule has 0 saturated heterocycles. The first-order valence-corrected chi connectivity index (χ1v) is 8.50. The van der Waals surface area contributed by atoms with Crippen LogP contribution in [0.5, 0.6) is 0 Å². The maximum Gasteiger partial charge on any atom is 0.0806 e. The summed E-state index contributed by atoms with van der Waals surface area (Å²) in [5.74, 6) is 1.64. The maximum atomic E-state index is 6.42. The fourth-order valence-electron chi connectivity index (χ4n) is 3.23. The van der Waals surface area contributed by atoms with E-state index in [2.05, 4.69) is 33.0 Å². The molecule has 0 aromatic carbocycles. The molecule has 1 unspecified atom stereocenters. The van der Waals surface area contributed by atoms with Crippen LogP contribution in [0.15, 0.2) is 0 Å². The normalized spacial score (nSPS) is 29.4. The average molecular weight is 269 g/mol. The van der Waals surface area contributed by atoms with Crippen LogP contribution in [-0.2, 0) is 4.74 Å². The van der Waals surface area contributed by atoms with Crippen LogP contribution in [0.25, 0.3) is 0 Å². The molecule has 0 radical (unpaired) electrons. The summed E-state index contributed by atoms with van der Waals surface area (Å²) in [5, 5.41) is 3.52. The van der Waals surface area contributed by atoms with E-state index in [0.29, 0.717) is 5.92 Å². The molecule has 0 bridgehead atoms. The minimum Gasteiger partial charge on any atom is -0.373 e. The molecule has 1 atom stereocenters. The highest BCUT2D eigenvalue weighted by Crippen LogP contribution is 2.36. The minimum atomic E-state index is 0.129. The highest BCUT2D eigenvalue weighted by molar-refractivity contribution is 4.89. The smallest absolute Gasteiger partial charge is 0.0806 e. The lowest BCUT2D eigenvalue weighted by molar-refractivity contribution is -0.0877. The lowest BCUT2D eigenvalue weighted by Crippen LogP contribution is -2.46. The molecule has 1 fully saturated rings. The Kier molecular flexibility index (Phi) is 8.01. The Hall–Kier alpha value is -0.0800. The SMILES string of the molecule is CCCC(C)COC1(CNCC)CCC(CC)CC1. The second-order valence-corrected chi connectivity index (χ2v) is 6.52. The molecule has 0 aliphatic heterocycles. The molecule has 2 nitrogen and oxygen atoms in total. The Morgan fingerprint density at radius 3 is 2.42 bits per heavy atom. The first-order chi connectivity index (χ1) is 9.15. The standard InChI is InChI=1S/C17H35NO/c1-5-8-15(4)13-19-17(14-18-7-3)11-9-16(6-2)10-12-17/h15-16,18H,5-14H2,1-4H3. The van der Waals surface area contributed by atoms with Gasteiger partial charge in [-0.15, -0.1) is 0 Å². The predicted octanol–water partition coefficient (Wildman–Crippen LogP) is 4.39. The number of hydrogen-bond donors (Lipinski definition) is 1. The highest BCUT2D eigenvalue weighted by Gasteiger charge is 2.35. The van der Waals surface area contributed by atoms with E-state index in [1.165, 1.54) is 44.9 Å². The molecule has 1 N–H and O–H groups in total. The molecule has 0 amide bonds. The molecule has 1 rings (SSSR count). The van der Waals surface area contributed by atoms with Crippen LogP contribution < -0.4 is 5.32 Å². The van der Waals surface area contributed by atoms with E-state index < -0.39 is 0 Å². The third kappa shape index (κ3) is 5.83. The summed E-state index contributed by atoms with van der Waals surface area (Å²) in [7, 11) is 0. The third-order valence-corrected chi connectivity index (χ3v) is 4.75. The molecule has 114 valence electrons. The summed E-state index contributed by atoms with van der Waals surface area (Å²) in [6.45, 7) is 12.1. The second kappa shape index (κ2) is 8.97. The highest BCUT2D eigenvalue weighted by atomic mass is 16.5. The van der Waals surface area contributed by atoms with Gasteiger partial charge in [0.05, 0.1) is 5.60 Å². The molecule has 19 heavy (non-hydrogen) atoms. The van der Waals surface area contributed by atoms with Crippen LogP contribution >= 0.6 is 0 Å². The van der Waals surface area contributed by atoms with E-state index in [9.17, 15) is 0 Å². The van der Waals surface area contributed by atoms with E-state index >= 15 is 0 Å². The number of ether oxygens (including phenoxy) is 1. The minimum absolute atomic E-state index is 0.129. The lowest BCUT2D eigenvalue weighted by atomic mass is 9.77. The van der Waals surface area contributed by atoms with Crippen molar-refractivity contribution in [1.29, 1.82) is 0 Å². The van der Waals surface area contributed by atoms with Crippen molar-refractivity contribution in [2.24, 2.45) is 11.8 Å². The van der Waals surface area contributed by atoms with Crippen molar-refractivity contribution in [2.75, 3.05) is 19.7 Å². The van der Waals surface area contributed by atoms with Gasteiger partial charge in [-0.3, -0.25) is 0 Å². The lowest BCUT2D eigenvalue weighted by Gasteiger charge is -2.41. The zero-order valence-corrected chi connectivity index (χ0v) is 13.6. The van der Waals surface area contributed by atoms with Crippen LogP contribution in [-0.4, -0.2) is 25.3 Å². The summed E-state index contributed by atoms with van der Waals surface area (Å²) in [6.07, 6.45) is 9.09. The molecule has 0 spiro atoms. The molecule has 1 aliphatic carbocycles. The van der Waals surface area contributed by atoms with E-state index in [-0.39, 0.29) is 5.60 Å². The Bertz CT molecular complexity index is 221. The molecule has 0 heterocycles. The van der Waals surface area contributed by atoms with Crippen LogP contribution in [0.3, 0.4) is 0 Å². The molecule has 0 aromatic heterocycles. The second-order valence-electron chi connectivity index (χ2n) is 6.52. The monoisotopic (exact) mass is 269 g/mol. The van der Waals surface area contributed by atoms with Gasteiger partial charge in [-0.05, 0) is 50.5 Å². The van der Waals surface area contributed by atoms with E-state index in [0.717, 1.165) is 25.6 Å². The van der Waals surface area contributed by atoms with Gasteiger partial charge in [-0.2, -0.15) is 0 Å². The number of nitrogens with one attached hydrogen (secondary N) is 1. The fraction of sp³-hybridized carbons (Fsp3) is 1.00. The molecule has 1 aliphatic rings. The summed E-state index contributed by atoms with van der Waals surface area (Å²) in [5.41, 5.74) is 0.129. The Morgan fingerprint density at radius 1 is 1.21 bits per heavy atom. The molecular weight excluding hydrogens is 234 g/mol. The van der Waals surface area contributed by atoms with Crippen LogP contribution in [0.4, 0.5) is 0 Å². The molecule has 1 saturated carbocycles. The summed E-state index contributed by atoms with van der Waals surface area (Å²) in [6, 6.07) is 0. The largest absolute Gasteiger partial charge is 0.373 e. The first kappa shape index (κ1) is 17.0. The summed E-state index contributed by atoms with van der Waals surface area (Å²) >= 11 is 0. The van der Waals surface area contributed by atoms with Gasteiger partial charge in [0.25, 0.3) is 0 Å². The van der Waals surface area contributed by atoms with Crippen molar-refractivity contribution in [2.45, 2.75) is 78.2 Å². The van der Waals surface area contributed by atoms with Gasteiger partial charge >= 0.3 is 0 Å². The zero-order valence-electron chi connectivity index (χ0n) is 13.6. The van der Waals surface area contributed by atoms with Gasteiger partial charge in [0.1, 0.15) is 0 Å². The van der Waals surface area contributed by atoms with Gasteiger partial charge in [0, 0.05) is 13.2 Å². The number of rotatable bonds is 9. The quantitative estimate of drug-likeness (QED) is 0.670. The van der Waals surface area contributed by atoms with Gasteiger partial charge in [0.15, 0.2) is 0 Å². The molecule has 0 aromatic rings. The van der Waals surface area contributed by atoms with Crippen molar-refractivity contribution in [1.82, 2.24) is 5.32 Å². The van der Waals surface area contributed by atoms with Crippen molar-refractivity contribution in [3.05, 3.63) is 0 Å². The van der Waals surface area contributed by atoms with Crippen LogP contribution in [0.2, 0.25) is 0 Å². The predicted molar refractivity (Wildman–Crippen MR) is 83.5 cm³/mol. The Labute approximate surface area is 120 Å². The average Bonchev–Trinajstić information content (AvgIpc) is 2.44. The van der Waals surface area contributed by atoms with Crippen molar-refractivity contribution in [3.8, 4) is 0 Å². The van der Waals surface area contributed by atoms with Crippen LogP contribution in [0.1, 0.15) is 72.6 Å². The fourth-order valence-corrected chi connectivity index (χ4v) is 3.23. The van der Waals surface area contributed by atoms with E-state index in [1.807, 2.05) is 0 Å². The Morgan fingerprint density at radius 2 is 1.89 bits per heavy atom. The number of likely N-dealkylation sites (N-methyl/N-ethyl adjacent to an activating group) is 1. The van der Waals surface area contributed by atoms with Gasteiger partial charge in [-0.1, -0.05) is 40.5 Å². The topological polar surface area (TPSA) is 21.3 Å². The van der Waals surface area contributed by atoms with Gasteiger partial charge in [-0.25, -0.2) is 0 Å². The third-order valence-electron chi connectivity index (χ3n) is 4.75. The number of hydrogen-bond acceptors (Lipinski definition) is 2. The maximum absolute atomic E-state index is 6.42. The molecule has 2 heteroatoms. The van der Waals surface area contributed by atoms with Crippen molar-refractivity contribution in [3.63, 3.8) is 0 Å². The van der Waals surface area contributed by atoms with E-state index in [4.69, 9.17) is 4.74 Å².